The fourth-order valence-corrected chi connectivity index (χ4v) is 6.90. The molecule has 38 heavy (non-hydrogen) atoms. The second-order valence-electron chi connectivity index (χ2n) is 10.6. The van der Waals surface area contributed by atoms with Crippen molar-refractivity contribution in [3.8, 4) is 22.8 Å². The number of ether oxygens (including phenoxy) is 3. The van der Waals surface area contributed by atoms with Crippen LogP contribution in [0.25, 0.3) is 11.3 Å². The maximum absolute atomic E-state index is 12.5. The van der Waals surface area contributed by atoms with Crippen molar-refractivity contribution < 1.29 is 19.0 Å². The molecule has 7 nitrogen and oxygen atoms in total. The lowest BCUT2D eigenvalue weighted by Gasteiger charge is -2.30. The van der Waals surface area contributed by atoms with E-state index in [9.17, 15) is 4.79 Å². The van der Waals surface area contributed by atoms with Gasteiger partial charge in [0.2, 0.25) is 0 Å². The molecule has 6 rings (SSSR count). The largest absolute Gasteiger partial charge is 0.497 e. The zero-order valence-corrected chi connectivity index (χ0v) is 23.2. The van der Waals surface area contributed by atoms with Gasteiger partial charge in [-0.15, -0.1) is 11.3 Å². The number of benzene rings is 2. The van der Waals surface area contributed by atoms with Gasteiger partial charge in [-0.3, -0.25) is 4.79 Å². The van der Waals surface area contributed by atoms with E-state index >= 15 is 0 Å². The topological polar surface area (TPSA) is 72.9 Å². The van der Waals surface area contributed by atoms with Crippen LogP contribution < -0.4 is 19.7 Å². The Balaban J connectivity index is 1.20. The van der Waals surface area contributed by atoms with Gasteiger partial charge in [0.05, 0.1) is 24.8 Å². The van der Waals surface area contributed by atoms with Crippen molar-refractivity contribution in [2.24, 2.45) is 11.3 Å². The van der Waals surface area contributed by atoms with Gasteiger partial charge in [-0.1, -0.05) is 12.1 Å². The van der Waals surface area contributed by atoms with Crippen LogP contribution in [0.3, 0.4) is 0 Å². The number of methoxy groups -OCH3 is 1. The highest BCUT2D eigenvalue weighted by atomic mass is 32.1. The average Bonchev–Trinajstić information content (AvgIpc) is 3.50. The van der Waals surface area contributed by atoms with Crippen molar-refractivity contribution in [2.45, 2.75) is 46.3 Å². The summed E-state index contributed by atoms with van der Waals surface area (Å²) in [7, 11) is 1.68. The van der Waals surface area contributed by atoms with Crippen molar-refractivity contribution in [3.05, 3.63) is 58.0 Å². The van der Waals surface area contributed by atoms with E-state index < -0.39 is 0 Å². The molecular weight excluding hydrogens is 498 g/mol. The number of thiazole rings is 1. The lowest BCUT2D eigenvalue weighted by molar-refractivity contribution is -0.150. The zero-order valence-electron chi connectivity index (χ0n) is 22.3. The molecule has 0 bridgehead atoms. The second-order valence-corrected chi connectivity index (χ2v) is 11.4. The van der Waals surface area contributed by atoms with Gasteiger partial charge in [0.15, 0.2) is 5.13 Å². The molecule has 0 amide bonds. The van der Waals surface area contributed by atoms with E-state index in [1.165, 1.54) is 22.3 Å². The van der Waals surface area contributed by atoms with Crippen molar-refractivity contribution in [1.29, 1.82) is 0 Å². The summed E-state index contributed by atoms with van der Waals surface area (Å²) in [6.45, 7) is 8.66. The Morgan fingerprint density at radius 2 is 2.18 bits per heavy atom. The highest BCUT2D eigenvalue weighted by molar-refractivity contribution is 7.14. The van der Waals surface area contributed by atoms with Crippen molar-refractivity contribution in [2.75, 3.05) is 38.3 Å². The first-order chi connectivity index (χ1) is 18.5. The number of hydrogen-bond donors (Lipinski definition) is 1. The zero-order chi connectivity index (χ0) is 26.3. The number of carbonyl (C=O) groups is 1. The van der Waals surface area contributed by atoms with Gasteiger partial charge in [-0.05, 0) is 86.0 Å². The fraction of sp³-hybridized carbons (Fsp3) is 0.467. The number of hydrogen-bond acceptors (Lipinski definition) is 8. The Hall–Kier alpha value is -3.10. The van der Waals surface area contributed by atoms with Gasteiger partial charge in [-0.25, -0.2) is 4.98 Å². The van der Waals surface area contributed by atoms with Crippen molar-refractivity contribution >= 4 is 22.4 Å². The third-order valence-corrected chi connectivity index (χ3v) is 9.37. The minimum absolute atomic E-state index is 0.0199. The number of rotatable bonds is 8. The second kappa shape index (κ2) is 10.2. The molecule has 1 N–H and O–H groups in total. The van der Waals surface area contributed by atoms with Crippen LogP contribution in [0.5, 0.6) is 11.5 Å². The van der Waals surface area contributed by atoms with E-state index in [0.29, 0.717) is 19.1 Å². The fourth-order valence-electron chi connectivity index (χ4n) is 6.04. The van der Waals surface area contributed by atoms with Gasteiger partial charge in [0, 0.05) is 30.6 Å². The number of aromatic nitrogens is 1. The van der Waals surface area contributed by atoms with E-state index in [1.807, 2.05) is 25.1 Å². The van der Waals surface area contributed by atoms with Gasteiger partial charge in [0.25, 0.3) is 0 Å². The molecule has 1 saturated heterocycles. The Morgan fingerprint density at radius 1 is 1.29 bits per heavy atom. The predicted octanol–water partition coefficient (Wildman–Crippen LogP) is 5.13. The summed E-state index contributed by atoms with van der Waals surface area (Å²) in [5.74, 6) is 1.90. The summed E-state index contributed by atoms with van der Waals surface area (Å²) < 4.78 is 17.3. The summed E-state index contributed by atoms with van der Waals surface area (Å²) >= 11 is 1.64. The molecule has 2 aliphatic heterocycles. The van der Waals surface area contributed by atoms with Crippen LogP contribution >= 0.6 is 11.3 Å². The summed E-state index contributed by atoms with van der Waals surface area (Å²) in [6.07, 6.45) is 2.81. The van der Waals surface area contributed by atoms with E-state index in [2.05, 4.69) is 34.7 Å². The molecule has 2 fully saturated rings. The highest BCUT2D eigenvalue weighted by Gasteiger charge is 2.63. The molecule has 3 aromatic rings. The molecule has 200 valence electrons. The minimum Gasteiger partial charge on any atom is -0.497 e. The smallest absolute Gasteiger partial charge is 0.312 e. The Morgan fingerprint density at radius 3 is 3.00 bits per heavy atom. The molecule has 2 aromatic carbocycles. The quantitative estimate of drug-likeness (QED) is 0.403. The van der Waals surface area contributed by atoms with Crippen LogP contribution in [-0.4, -0.2) is 44.3 Å². The maximum Gasteiger partial charge on any atom is 0.312 e. The van der Waals surface area contributed by atoms with Crippen LogP contribution in [-0.2, 0) is 29.1 Å². The monoisotopic (exact) mass is 533 g/mol. The Labute approximate surface area is 228 Å². The molecule has 1 unspecified atom stereocenters. The lowest BCUT2D eigenvalue weighted by atomic mass is 9.93. The van der Waals surface area contributed by atoms with E-state index in [4.69, 9.17) is 19.2 Å². The summed E-state index contributed by atoms with van der Waals surface area (Å²) in [6, 6.07) is 10.3. The van der Waals surface area contributed by atoms with Crippen LogP contribution in [0.15, 0.2) is 35.7 Å². The van der Waals surface area contributed by atoms with Crippen molar-refractivity contribution in [1.82, 2.24) is 10.3 Å². The minimum atomic E-state index is -0.258. The standard InChI is InChI=1S/C30H35N3O4S/c1-4-36-28(34)30-10-12-33(16-22(30)14-30)29-32-26(18-38-29)25-13-23(35-3)7-8-27(25)37-17-21-6-5-20-15-31-11-9-24(20)19(21)2/h5-8,13,18,22,31H,4,9-12,14-17H2,1-3H3/t22?,30-/m1/s1. The first kappa shape index (κ1) is 25.2. The van der Waals surface area contributed by atoms with Crippen molar-refractivity contribution in [3.63, 3.8) is 0 Å². The predicted molar refractivity (Wildman–Crippen MR) is 149 cm³/mol. The molecule has 1 aromatic heterocycles. The van der Waals surface area contributed by atoms with Crippen LogP contribution in [0.2, 0.25) is 0 Å². The number of nitrogens with one attached hydrogen (secondary N) is 1. The first-order valence-electron chi connectivity index (χ1n) is 13.5. The summed E-state index contributed by atoms with van der Waals surface area (Å²) in [4.78, 5) is 19.8. The number of nitrogens with zero attached hydrogens (tertiary/aromatic N) is 2. The lowest BCUT2D eigenvalue weighted by Crippen LogP contribution is -2.38. The maximum atomic E-state index is 12.5. The molecule has 3 aliphatic rings. The van der Waals surface area contributed by atoms with Crippen LogP contribution in [0, 0.1) is 18.3 Å². The highest BCUT2D eigenvalue weighted by Crippen LogP contribution is 2.59. The van der Waals surface area contributed by atoms with Gasteiger partial charge in [-0.2, -0.15) is 0 Å². The van der Waals surface area contributed by atoms with Gasteiger partial charge in [0.1, 0.15) is 18.1 Å². The molecule has 1 aliphatic carbocycles. The number of carbonyl (C=O) groups excluding carboxylic acids is 1. The molecule has 1 saturated carbocycles. The number of fused-ring (bicyclic) bond motifs is 2. The van der Waals surface area contributed by atoms with Gasteiger partial charge >= 0.3 is 5.97 Å². The SMILES string of the molecule is CCOC(=O)[C@@]12CCN(c3nc(-c4cc(OC)ccc4OCc4ccc5c(c4C)CCNC5)cs3)CC1C2. The Kier molecular flexibility index (Phi) is 6.78. The molecule has 2 atom stereocenters. The normalized spacial score (nSPS) is 21.9. The third kappa shape index (κ3) is 4.54. The van der Waals surface area contributed by atoms with E-state index in [1.54, 1.807) is 18.4 Å². The van der Waals surface area contributed by atoms with E-state index in [0.717, 1.165) is 73.3 Å². The Bertz CT molecular complexity index is 1360. The molecule has 3 heterocycles. The first-order valence-corrected chi connectivity index (χ1v) is 14.4. The number of esters is 1. The molecule has 8 heteroatoms. The number of piperidine rings is 1. The summed E-state index contributed by atoms with van der Waals surface area (Å²) in [5.41, 5.74) is 6.94. The van der Waals surface area contributed by atoms with Crippen LogP contribution in [0.1, 0.15) is 42.0 Å². The van der Waals surface area contributed by atoms with Gasteiger partial charge < -0.3 is 24.4 Å². The molecule has 0 spiro atoms. The summed E-state index contributed by atoms with van der Waals surface area (Å²) in [5, 5.41) is 6.53. The molecular formula is C30H35N3O4S. The average molecular weight is 534 g/mol. The molecule has 0 radical (unpaired) electrons. The number of anilines is 1. The van der Waals surface area contributed by atoms with E-state index in [-0.39, 0.29) is 11.4 Å². The van der Waals surface area contributed by atoms with Crippen LogP contribution in [0.4, 0.5) is 5.13 Å². The third-order valence-electron chi connectivity index (χ3n) is 8.47.